The Morgan fingerprint density at radius 3 is 1.07 bits per heavy atom. The lowest BCUT2D eigenvalue weighted by atomic mass is 10.0. The molecule has 2 atom stereocenters. The van der Waals surface area contributed by atoms with Gasteiger partial charge in [0.25, 0.3) is 0 Å². The van der Waals surface area contributed by atoms with E-state index in [-0.39, 0.29) is 12.5 Å². The summed E-state index contributed by atoms with van der Waals surface area (Å²) in [4.78, 5) is 12.4. The molecule has 0 saturated heterocycles. The third kappa shape index (κ3) is 43.3. The normalized spacial score (nSPS) is 13.3. The van der Waals surface area contributed by atoms with E-state index in [2.05, 4.69) is 55.6 Å². The number of amides is 1. The first-order valence-electron chi connectivity index (χ1n) is 24.4. The Kier molecular flexibility index (Phi) is 45.3. The van der Waals surface area contributed by atoms with E-state index in [1.807, 2.05) is 6.08 Å². The Morgan fingerprint density at radius 2 is 0.709 bits per heavy atom. The number of nitrogens with one attached hydrogen (secondary N) is 1. The van der Waals surface area contributed by atoms with Crippen LogP contribution in [0.5, 0.6) is 0 Å². The molecular formula is C51H95NO3. The number of unbranched alkanes of at least 4 members (excludes halogenated alkanes) is 31. The van der Waals surface area contributed by atoms with Crippen LogP contribution in [0.2, 0.25) is 0 Å². The van der Waals surface area contributed by atoms with Gasteiger partial charge in [0.15, 0.2) is 0 Å². The Hall–Kier alpha value is -1.65. The Morgan fingerprint density at radius 1 is 0.418 bits per heavy atom. The lowest BCUT2D eigenvalue weighted by molar-refractivity contribution is -0.123. The molecule has 0 rings (SSSR count). The van der Waals surface area contributed by atoms with Gasteiger partial charge in [0.1, 0.15) is 0 Å². The van der Waals surface area contributed by atoms with Crippen LogP contribution < -0.4 is 5.32 Å². The zero-order valence-corrected chi connectivity index (χ0v) is 36.9. The molecule has 0 radical (unpaired) electrons. The van der Waals surface area contributed by atoms with Crippen molar-refractivity contribution in [2.24, 2.45) is 0 Å². The smallest absolute Gasteiger partial charge is 0.220 e. The van der Waals surface area contributed by atoms with Gasteiger partial charge in [0.2, 0.25) is 5.91 Å². The lowest BCUT2D eigenvalue weighted by Crippen LogP contribution is -2.45. The van der Waals surface area contributed by atoms with Crippen LogP contribution in [-0.2, 0) is 4.79 Å². The molecule has 2 unspecified atom stereocenters. The molecule has 0 aromatic carbocycles. The van der Waals surface area contributed by atoms with Gasteiger partial charge < -0.3 is 15.5 Å². The second-order valence-corrected chi connectivity index (χ2v) is 16.5. The van der Waals surface area contributed by atoms with E-state index in [9.17, 15) is 15.0 Å². The third-order valence-corrected chi connectivity index (χ3v) is 11.0. The molecule has 0 aliphatic heterocycles. The van der Waals surface area contributed by atoms with Crippen molar-refractivity contribution in [1.82, 2.24) is 5.32 Å². The van der Waals surface area contributed by atoms with Gasteiger partial charge in [-0.1, -0.05) is 223 Å². The first kappa shape index (κ1) is 53.4. The average Bonchev–Trinajstić information content (AvgIpc) is 3.19. The molecule has 322 valence electrons. The minimum Gasteiger partial charge on any atom is -0.394 e. The van der Waals surface area contributed by atoms with Crippen molar-refractivity contribution in [1.29, 1.82) is 0 Å². The minimum atomic E-state index is -0.869. The Labute approximate surface area is 344 Å². The van der Waals surface area contributed by atoms with E-state index in [0.717, 1.165) is 38.5 Å². The van der Waals surface area contributed by atoms with Gasteiger partial charge in [0, 0.05) is 6.42 Å². The summed E-state index contributed by atoms with van der Waals surface area (Å²) in [6.45, 7) is 4.28. The van der Waals surface area contributed by atoms with Gasteiger partial charge >= 0.3 is 0 Å². The fourth-order valence-corrected chi connectivity index (χ4v) is 7.26. The van der Waals surface area contributed by atoms with Gasteiger partial charge in [-0.15, -0.1) is 0 Å². The van der Waals surface area contributed by atoms with Crippen molar-refractivity contribution >= 4 is 5.91 Å². The van der Waals surface area contributed by atoms with Crippen molar-refractivity contribution in [3.8, 4) is 0 Å². The fourth-order valence-electron chi connectivity index (χ4n) is 7.26. The highest BCUT2D eigenvalue weighted by Crippen LogP contribution is 2.15. The maximum Gasteiger partial charge on any atom is 0.220 e. The largest absolute Gasteiger partial charge is 0.394 e. The Balaban J connectivity index is 3.51. The molecule has 0 aromatic heterocycles. The average molecular weight is 770 g/mol. The number of hydrogen-bond acceptors (Lipinski definition) is 3. The number of carbonyl (C=O) groups excluding carboxylic acids is 1. The molecule has 55 heavy (non-hydrogen) atoms. The van der Waals surface area contributed by atoms with E-state index in [0.29, 0.717) is 6.42 Å². The molecule has 0 heterocycles. The summed E-state index contributed by atoms with van der Waals surface area (Å²) in [7, 11) is 0. The highest BCUT2D eigenvalue weighted by molar-refractivity contribution is 5.76. The van der Waals surface area contributed by atoms with E-state index >= 15 is 0 Å². The van der Waals surface area contributed by atoms with E-state index in [4.69, 9.17) is 0 Å². The maximum absolute atomic E-state index is 12.4. The van der Waals surface area contributed by atoms with Crippen molar-refractivity contribution in [3.63, 3.8) is 0 Å². The molecule has 4 nitrogen and oxygen atoms in total. The molecule has 0 bridgehead atoms. The van der Waals surface area contributed by atoms with E-state index in [1.165, 1.54) is 193 Å². The summed E-state index contributed by atoms with van der Waals surface area (Å²) in [6, 6.07) is -0.645. The predicted octanol–water partition coefficient (Wildman–Crippen LogP) is 15.5. The predicted molar refractivity (Wildman–Crippen MR) is 244 cm³/mol. The van der Waals surface area contributed by atoms with Crippen LogP contribution in [0.25, 0.3) is 0 Å². The molecule has 0 aliphatic carbocycles. The zero-order chi connectivity index (χ0) is 40.0. The summed E-state index contributed by atoms with van der Waals surface area (Å²) in [5.74, 6) is -0.0778. The van der Waals surface area contributed by atoms with Crippen molar-refractivity contribution in [3.05, 3.63) is 48.6 Å². The van der Waals surface area contributed by atoms with Crippen molar-refractivity contribution in [2.45, 2.75) is 264 Å². The summed E-state index contributed by atoms with van der Waals surface area (Å²) in [5.41, 5.74) is 0. The number of aliphatic hydroxyl groups excluding tert-OH is 2. The molecule has 0 fully saturated rings. The molecule has 1 amide bonds. The molecule has 0 saturated carbocycles. The molecular weight excluding hydrogens is 675 g/mol. The van der Waals surface area contributed by atoms with Crippen LogP contribution >= 0.6 is 0 Å². The van der Waals surface area contributed by atoms with Crippen LogP contribution in [0.15, 0.2) is 48.6 Å². The van der Waals surface area contributed by atoms with Gasteiger partial charge in [-0.05, 0) is 70.6 Å². The topological polar surface area (TPSA) is 69.6 Å². The summed E-state index contributed by atoms with van der Waals surface area (Å²) in [5, 5.41) is 23.0. The van der Waals surface area contributed by atoms with Gasteiger partial charge in [-0.2, -0.15) is 0 Å². The second-order valence-electron chi connectivity index (χ2n) is 16.5. The second kappa shape index (κ2) is 46.7. The van der Waals surface area contributed by atoms with Crippen LogP contribution in [-0.4, -0.2) is 34.9 Å². The first-order chi connectivity index (χ1) is 27.2. The van der Waals surface area contributed by atoms with Gasteiger partial charge in [-0.3, -0.25) is 4.79 Å². The van der Waals surface area contributed by atoms with Crippen LogP contribution in [0.3, 0.4) is 0 Å². The van der Waals surface area contributed by atoms with Crippen LogP contribution in [0.4, 0.5) is 0 Å². The standard InChI is InChI=1S/C51H95NO3/c1-3-5-7-9-11-13-15-17-19-20-21-22-23-24-25-26-27-28-29-30-31-32-33-35-37-39-41-43-45-47-51(55)52-49(48-53)50(54)46-44-42-40-38-36-34-18-16-14-12-10-8-6-4-2/h14,16,24-25,36,38,44,46,49-50,53-54H,3-13,15,17-23,26-35,37,39-43,45,47-48H2,1-2H3,(H,52,55)/b16-14+,25-24-,38-36+,46-44+. The molecule has 3 N–H and O–H groups in total. The van der Waals surface area contributed by atoms with Crippen molar-refractivity contribution < 1.29 is 15.0 Å². The molecule has 0 spiro atoms. The Bertz CT molecular complexity index is 877. The summed E-state index contributed by atoms with van der Waals surface area (Å²) >= 11 is 0. The molecule has 4 heteroatoms. The van der Waals surface area contributed by atoms with E-state index in [1.54, 1.807) is 6.08 Å². The SMILES string of the molecule is CCCCCC/C=C/CC/C=C/CC/C=C/C(O)C(CO)NC(=O)CCCCCCCCCCCCCCC/C=C\CCCCCCCCCCCCCC. The number of aliphatic hydroxyl groups is 2. The summed E-state index contributed by atoms with van der Waals surface area (Å²) in [6.07, 6.45) is 63.9. The monoisotopic (exact) mass is 770 g/mol. The number of allylic oxidation sites excluding steroid dienone is 7. The number of carbonyl (C=O) groups is 1. The van der Waals surface area contributed by atoms with Gasteiger partial charge in [-0.25, -0.2) is 0 Å². The third-order valence-electron chi connectivity index (χ3n) is 11.0. The van der Waals surface area contributed by atoms with Crippen LogP contribution in [0, 0.1) is 0 Å². The summed E-state index contributed by atoms with van der Waals surface area (Å²) < 4.78 is 0. The quantitative estimate of drug-likeness (QED) is 0.0427. The van der Waals surface area contributed by atoms with E-state index < -0.39 is 12.1 Å². The number of rotatable bonds is 44. The highest BCUT2D eigenvalue weighted by atomic mass is 16.3. The van der Waals surface area contributed by atoms with Crippen LogP contribution in [0.1, 0.15) is 251 Å². The maximum atomic E-state index is 12.4. The molecule has 0 aliphatic rings. The fraction of sp³-hybridized carbons (Fsp3) is 0.824. The van der Waals surface area contributed by atoms with Crippen molar-refractivity contribution in [2.75, 3.05) is 6.61 Å². The zero-order valence-electron chi connectivity index (χ0n) is 36.9. The first-order valence-corrected chi connectivity index (χ1v) is 24.4. The van der Waals surface area contributed by atoms with Gasteiger partial charge in [0.05, 0.1) is 18.8 Å². The molecule has 0 aromatic rings. The highest BCUT2D eigenvalue weighted by Gasteiger charge is 2.17. The lowest BCUT2D eigenvalue weighted by Gasteiger charge is -2.19. The number of hydrogen-bond donors (Lipinski definition) is 3. The minimum absolute atomic E-state index is 0.0778.